The van der Waals surface area contributed by atoms with Crippen molar-refractivity contribution in [1.29, 1.82) is 0 Å². The molecule has 3 nitrogen and oxygen atoms in total. The fourth-order valence-corrected chi connectivity index (χ4v) is 1.43. The highest BCUT2D eigenvalue weighted by Crippen LogP contribution is 2.05. The quantitative estimate of drug-likeness (QED) is 0.791. The Bertz CT molecular complexity index is 346. The first-order chi connectivity index (χ1) is 8.03. The van der Waals surface area contributed by atoms with Gasteiger partial charge in [-0.15, -0.1) is 0 Å². The summed E-state index contributed by atoms with van der Waals surface area (Å²) in [6.45, 7) is 7.21. The lowest BCUT2D eigenvalue weighted by atomic mass is 10.0. The third kappa shape index (κ3) is 5.50. The van der Waals surface area contributed by atoms with Crippen LogP contribution in [-0.2, 0) is 11.3 Å². The van der Waals surface area contributed by atoms with Crippen LogP contribution in [0.4, 0.5) is 0 Å². The molecule has 1 aromatic carbocycles. The third-order valence-electron chi connectivity index (χ3n) is 2.82. The van der Waals surface area contributed by atoms with Crippen molar-refractivity contribution < 1.29 is 4.79 Å². The summed E-state index contributed by atoms with van der Waals surface area (Å²) in [7, 11) is 0. The Morgan fingerprint density at radius 2 is 1.88 bits per heavy atom. The minimum absolute atomic E-state index is 0.0489. The molecule has 0 saturated heterocycles. The molecule has 0 aliphatic carbocycles. The number of amides is 1. The Morgan fingerprint density at radius 3 is 2.47 bits per heavy atom. The van der Waals surface area contributed by atoms with Crippen LogP contribution in [0.1, 0.15) is 32.8 Å². The zero-order chi connectivity index (χ0) is 12.7. The Labute approximate surface area is 104 Å². The highest BCUT2D eigenvalue weighted by atomic mass is 16.2. The molecular weight excluding hydrogens is 212 g/mol. The molecular formula is C14H22N2O. The normalized spacial score (nSPS) is 11.2. The highest BCUT2D eigenvalue weighted by Gasteiger charge is 2.16. The lowest BCUT2D eigenvalue weighted by molar-refractivity contribution is -0.121. The maximum atomic E-state index is 11.6. The summed E-state index contributed by atoms with van der Waals surface area (Å²) in [6, 6.07) is 10.1. The molecule has 0 fully saturated rings. The average Bonchev–Trinajstić information content (AvgIpc) is 2.30. The van der Waals surface area contributed by atoms with Crippen molar-refractivity contribution in [2.45, 2.75) is 39.3 Å². The molecule has 0 saturated carbocycles. The van der Waals surface area contributed by atoms with Gasteiger partial charge in [0.25, 0.3) is 0 Å². The number of carbonyl (C=O) groups excluding carboxylic acids is 1. The fraction of sp³-hybridized carbons (Fsp3) is 0.500. The van der Waals surface area contributed by atoms with E-state index in [0.29, 0.717) is 6.54 Å². The van der Waals surface area contributed by atoms with Crippen molar-refractivity contribution in [2.24, 2.45) is 0 Å². The molecule has 0 unspecified atom stereocenters. The van der Waals surface area contributed by atoms with Gasteiger partial charge in [0.1, 0.15) is 0 Å². The smallest absolute Gasteiger partial charge is 0.234 e. The Balaban J connectivity index is 2.25. The molecule has 1 amide bonds. The summed E-state index contributed by atoms with van der Waals surface area (Å²) in [5.41, 5.74) is 1.07. The summed E-state index contributed by atoms with van der Waals surface area (Å²) < 4.78 is 0. The number of rotatable bonds is 6. The topological polar surface area (TPSA) is 41.1 Å². The van der Waals surface area contributed by atoms with Crippen molar-refractivity contribution in [3.63, 3.8) is 0 Å². The molecule has 94 valence electrons. The average molecular weight is 234 g/mol. The summed E-state index contributed by atoms with van der Waals surface area (Å²) >= 11 is 0. The number of hydrogen-bond acceptors (Lipinski definition) is 2. The van der Waals surface area contributed by atoms with Gasteiger partial charge in [-0.05, 0) is 25.8 Å². The molecule has 0 spiro atoms. The second-order valence-electron chi connectivity index (χ2n) is 4.87. The molecule has 3 heteroatoms. The second-order valence-corrected chi connectivity index (χ2v) is 4.87. The SMILES string of the molecule is CCC(C)(C)NC(=O)CNCc1ccccc1. The van der Waals surface area contributed by atoms with E-state index < -0.39 is 0 Å². The maximum absolute atomic E-state index is 11.6. The van der Waals surface area contributed by atoms with E-state index in [1.165, 1.54) is 5.56 Å². The maximum Gasteiger partial charge on any atom is 0.234 e. The summed E-state index contributed by atoms with van der Waals surface area (Å²) in [4.78, 5) is 11.6. The van der Waals surface area contributed by atoms with E-state index in [1.54, 1.807) is 0 Å². The predicted molar refractivity (Wildman–Crippen MR) is 70.7 cm³/mol. The molecule has 2 N–H and O–H groups in total. The van der Waals surface area contributed by atoms with Crippen molar-refractivity contribution in [2.75, 3.05) is 6.54 Å². The van der Waals surface area contributed by atoms with Crippen LogP contribution in [0.2, 0.25) is 0 Å². The monoisotopic (exact) mass is 234 g/mol. The van der Waals surface area contributed by atoms with E-state index in [4.69, 9.17) is 0 Å². The second kappa shape index (κ2) is 6.40. The van der Waals surface area contributed by atoms with Crippen molar-refractivity contribution >= 4 is 5.91 Å². The fourth-order valence-electron chi connectivity index (χ4n) is 1.43. The van der Waals surface area contributed by atoms with E-state index in [0.717, 1.165) is 13.0 Å². The standard InChI is InChI=1S/C14H22N2O/c1-4-14(2,3)16-13(17)11-15-10-12-8-6-5-7-9-12/h5-9,15H,4,10-11H2,1-3H3,(H,16,17). The zero-order valence-corrected chi connectivity index (χ0v) is 10.9. The lowest BCUT2D eigenvalue weighted by Crippen LogP contribution is -2.46. The van der Waals surface area contributed by atoms with Crippen LogP contribution in [0.15, 0.2) is 30.3 Å². The van der Waals surface area contributed by atoms with E-state index in [1.807, 2.05) is 44.2 Å². The van der Waals surface area contributed by atoms with Crippen LogP contribution < -0.4 is 10.6 Å². The van der Waals surface area contributed by atoms with Gasteiger partial charge >= 0.3 is 0 Å². The highest BCUT2D eigenvalue weighted by molar-refractivity contribution is 5.78. The molecule has 0 heterocycles. The Hall–Kier alpha value is -1.35. The Kier molecular flexibility index (Phi) is 5.16. The van der Waals surface area contributed by atoms with E-state index in [9.17, 15) is 4.79 Å². The van der Waals surface area contributed by atoms with Crippen LogP contribution in [0.3, 0.4) is 0 Å². The van der Waals surface area contributed by atoms with Gasteiger partial charge in [-0.1, -0.05) is 37.3 Å². The number of hydrogen-bond donors (Lipinski definition) is 2. The van der Waals surface area contributed by atoms with Crippen molar-refractivity contribution in [3.8, 4) is 0 Å². The molecule has 17 heavy (non-hydrogen) atoms. The summed E-state index contributed by atoms with van der Waals surface area (Å²) in [5.74, 6) is 0.0489. The van der Waals surface area contributed by atoms with E-state index in [-0.39, 0.29) is 11.4 Å². The minimum atomic E-state index is -0.120. The van der Waals surface area contributed by atoms with Gasteiger partial charge in [0.15, 0.2) is 0 Å². The number of carbonyl (C=O) groups is 1. The molecule has 0 aliphatic heterocycles. The van der Waals surface area contributed by atoms with Crippen LogP contribution >= 0.6 is 0 Å². The van der Waals surface area contributed by atoms with Crippen LogP contribution in [-0.4, -0.2) is 18.0 Å². The first kappa shape index (κ1) is 13.7. The van der Waals surface area contributed by atoms with Gasteiger partial charge in [-0.3, -0.25) is 4.79 Å². The van der Waals surface area contributed by atoms with Crippen molar-refractivity contribution in [1.82, 2.24) is 10.6 Å². The van der Waals surface area contributed by atoms with Crippen LogP contribution in [0, 0.1) is 0 Å². The predicted octanol–water partition coefficient (Wildman–Crippen LogP) is 2.08. The summed E-state index contributed by atoms with van der Waals surface area (Å²) in [5, 5.41) is 6.13. The van der Waals surface area contributed by atoms with E-state index >= 15 is 0 Å². The van der Waals surface area contributed by atoms with Crippen LogP contribution in [0.25, 0.3) is 0 Å². The molecule has 0 aliphatic rings. The summed E-state index contributed by atoms with van der Waals surface area (Å²) in [6.07, 6.45) is 0.928. The number of benzene rings is 1. The van der Waals surface area contributed by atoms with Gasteiger partial charge in [-0.25, -0.2) is 0 Å². The minimum Gasteiger partial charge on any atom is -0.350 e. The van der Waals surface area contributed by atoms with Crippen LogP contribution in [0.5, 0.6) is 0 Å². The molecule has 0 bridgehead atoms. The van der Waals surface area contributed by atoms with Gasteiger partial charge in [0.2, 0.25) is 5.91 Å². The first-order valence-corrected chi connectivity index (χ1v) is 6.09. The largest absolute Gasteiger partial charge is 0.350 e. The number of nitrogens with one attached hydrogen (secondary N) is 2. The molecule has 0 aromatic heterocycles. The lowest BCUT2D eigenvalue weighted by Gasteiger charge is -2.24. The van der Waals surface area contributed by atoms with Gasteiger partial charge in [0, 0.05) is 12.1 Å². The molecule has 1 rings (SSSR count). The van der Waals surface area contributed by atoms with Gasteiger partial charge < -0.3 is 10.6 Å². The van der Waals surface area contributed by atoms with Gasteiger partial charge in [0.05, 0.1) is 6.54 Å². The van der Waals surface area contributed by atoms with Crippen molar-refractivity contribution in [3.05, 3.63) is 35.9 Å². The molecule has 1 aromatic rings. The molecule has 0 atom stereocenters. The first-order valence-electron chi connectivity index (χ1n) is 6.09. The van der Waals surface area contributed by atoms with E-state index in [2.05, 4.69) is 17.6 Å². The third-order valence-corrected chi connectivity index (χ3v) is 2.82. The Morgan fingerprint density at radius 1 is 1.24 bits per heavy atom. The zero-order valence-electron chi connectivity index (χ0n) is 10.9. The molecule has 0 radical (unpaired) electrons. The van der Waals surface area contributed by atoms with Gasteiger partial charge in [-0.2, -0.15) is 0 Å².